The summed E-state index contributed by atoms with van der Waals surface area (Å²) in [4.78, 5) is 27.1. The van der Waals surface area contributed by atoms with Gasteiger partial charge in [-0.2, -0.15) is 0 Å². The molecule has 23 heavy (non-hydrogen) atoms. The predicted molar refractivity (Wildman–Crippen MR) is 88.9 cm³/mol. The van der Waals surface area contributed by atoms with Crippen molar-refractivity contribution in [1.29, 1.82) is 0 Å². The number of aromatic nitrogens is 1. The minimum atomic E-state index is -0.545. The minimum Gasteiger partial charge on any atom is -0.462 e. The van der Waals surface area contributed by atoms with E-state index in [0.29, 0.717) is 0 Å². The Morgan fingerprint density at radius 1 is 1.26 bits per heavy atom. The number of likely N-dealkylation sites (tertiary alicyclic amines) is 1. The van der Waals surface area contributed by atoms with Gasteiger partial charge in [0.25, 0.3) is 5.56 Å². The molecule has 1 saturated heterocycles. The Labute approximate surface area is 135 Å². The molecule has 1 fully saturated rings. The molecule has 0 aromatic carbocycles. The Balaban J connectivity index is 2.14. The van der Waals surface area contributed by atoms with Crippen molar-refractivity contribution in [2.45, 2.75) is 33.2 Å². The second kappa shape index (κ2) is 6.54. The Hall–Kier alpha value is -2.14. The number of nitrogens with zero attached hydrogens (tertiary/aromatic N) is 2. The van der Waals surface area contributed by atoms with E-state index in [9.17, 15) is 9.59 Å². The number of pyridine rings is 2. The van der Waals surface area contributed by atoms with E-state index in [0.717, 1.165) is 36.3 Å². The van der Waals surface area contributed by atoms with Crippen LogP contribution in [-0.4, -0.2) is 35.0 Å². The van der Waals surface area contributed by atoms with Crippen molar-refractivity contribution in [3.8, 4) is 0 Å². The molecule has 2 aromatic heterocycles. The molecule has 3 heterocycles. The highest BCUT2D eigenvalue weighted by Gasteiger charge is 2.19. The number of carbonyl (C=O) groups is 1. The van der Waals surface area contributed by atoms with Crippen molar-refractivity contribution in [3.63, 3.8) is 0 Å². The van der Waals surface area contributed by atoms with Crippen LogP contribution in [0.5, 0.6) is 0 Å². The molecule has 3 rings (SSSR count). The zero-order valence-electron chi connectivity index (χ0n) is 13.7. The highest BCUT2D eigenvalue weighted by atomic mass is 16.5. The second-order valence-electron chi connectivity index (χ2n) is 6.05. The lowest BCUT2D eigenvalue weighted by Gasteiger charge is -2.17. The summed E-state index contributed by atoms with van der Waals surface area (Å²) in [5, 5.41) is 0. The summed E-state index contributed by atoms with van der Waals surface area (Å²) in [6.07, 6.45) is 4.19. The van der Waals surface area contributed by atoms with E-state index in [1.807, 2.05) is 19.1 Å². The maximum absolute atomic E-state index is 12.6. The van der Waals surface area contributed by atoms with E-state index in [1.54, 1.807) is 23.6 Å². The SMILES string of the molecule is CCOC(=O)c1cc(CN2CCCC2)c2ccc(C)cn2c1=O. The topological polar surface area (TPSA) is 51.0 Å². The fourth-order valence-electron chi connectivity index (χ4n) is 3.14. The van der Waals surface area contributed by atoms with Gasteiger partial charge in [0.05, 0.1) is 12.1 Å². The number of aryl methyl sites for hydroxylation is 1. The first kappa shape index (κ1) is 15.7. The van der Waals surface area contributed by atoms with Crippen LogP contribution >= 0.6 is 0 Å². The third-order valence-corrected chi connectivity index (χ3v) is 4.28. The molecule has 5 nitrogen and oxygen atoms in total. The molecule has 0 radical (unpaired) electrons. The number of rotatable bonds is 4. The normalized spacial score (nSPS) is 15.2. The number of hydrogen-bond acceptors (Lipinski definition) is 4. The lowest BCUT2D eigenvalue weighted by atomic mass is 10.1. The van der Waals surface area contributed by atoms with Crippen LogP contribution in [0.15, 0.2) is 29.2 Å². The van der Waals surface area contributed by atoms with E-state index in [4.69, 9.17) is 4.74 Å². The molecule has 1 aliphatic rings. The fraction of sp³-hybridized carbons (Fsp3) is 0.444. The van der Waals surface area contributed by atoms with Gasteiger partial charge in [-0.25, -0.2) is 4.79 Å². The zero-order valence-corrected chi connectivity index (χ0v) is 13.7. The summed E-state index contributed by atoms with van der Waals surface area (Å²) in [5.41, 5.74) is 2.64. The predicted octanol–water partition coefficient (Wildman–Crippen LogP) is 2.38. The molecule has 0 atom stereocenters. The van der Waals surface area contributed by atoms with Gasteiger partial charge in [-0.3, -0.25) is 14.1 Å². The quantitative estimate of drug-likeness (QED) is 0.813. The van der Waals surface area contributed by atoms with Gasteiger partial charge < -0.3 is 4.74 Å². The van der Waals surface area contributed by atoms with Gasteiger partial charge in [-0.15, -0.1) is 0 Å². The number of fused-ring (bicyclic) bond motifs is 1. The van der Waals surface area contributed by atoms with Crippen LogP contribution in [0.2, 0.25) is 0 Å². The minimum absolute atomic E-state index is 0.115. The molecule has 2 aromatic rings. The van der Waals surface area contributed by atoms with E-state index in [1.165, 1.54) is 12.8 Å². The maximum Gasteiger partial charge on any atom is 0.343 e. The van der Waals surface area contributed by atoms with Gasteiger partial charge in [0.1, 0.15) is 5.56 Å². The first-order valence-electron chi connectivity index (χ1n) is 8.14. The molecule has 0 aliphatic carbocycles. The van der Waals surface area contributed by atoms with E-state index in [2.05, 4.69) is 4.90 Å². The average Bonchev–Trinajstić information content (AvgIpc) is 3.03. The summed E-state index contributed by atoms with van der Waals surface area (Å²) < 4.78 is 6.62. The number of esters is 1. The van der Waals surface area contributed by atoms with Crippen LogP contribution in [0.3, 0.4) is 0 Å². The van der Waals surface area contributed by atoms with E-state index < -0.39 is 5.97 Å². The molecule has 5 heteroatoms. The summed E-state index contributed by atoms with van der Waals surface area (Å²) >= 11 is 0. The molecule has 0 unspecified atom stereocenters. The molecule has 0 N–H and O–H groups in total. The van der Waals surface area contributed by atoms with Crippen molar-refractivity contribution in [2.24, 2.45) is 0 Å². The van der Waals surface area contributed by atoms with Crippen LogP contribution in [0.1, 0.15) is 41.3 Å². The van der Waals surface area contributed by atoms with Gasteiger partial charge >= 0.3 is 5.97 Å². The van der Waals surface area contributed by atoms with Crippen LogP contribution < -0.4 is 5.56 Å². The molecule has 0 amide bonds. The molecular weight excluding hydrogens is 292 g/mol. The van der Waals surface area contributed by atoms with Crippen LogP contribution in [0.25, 0.3) is 5.52 Å². The first-order chi connectivity index (χ1) is 11.1. The number of carbonyl (C=O) groups excluding carboxylic acids is 1. The van der Waals surface area contributed by atoms with E-state index in [-0.39, 0.29) is 17.7 Å². The van der Waals surface area contributed by atoms with Crippen LogP contribution in [0.4, 0.5) is 0 Å². The number of ether oxygens (including phenoxy) is 1. The van der Waals surface area contributed by atoms with Crippen LogP contribution in [-0.2, 0) is 11.3 Å². The Kier molecular flexibility index (Phi) is 4.48. The highest BCUT2D eigenvalue weighted by molar-refractivity contribution is 5.90. The van der Waals surface area contributed by atoms with E-state index >= 15 is 0 Å². The largest absolute Gasteiger partial charge is 0.462 e. The maximum atomic E-state index is 12.6. The van der Waals surface area contributed by atoms with Crippen molar-refractivity contribution in [3.05, 3.63) is 51.4 Å². The summed E-state index contributed by atoms with van der Waals surface area (Å²) in [6, 6.07) is 5.66. The third kappa shape index (κ3) is 3.15. The Morgan fingerprint density at radius 3 is 2.70 bits per heavy atom. The van der Waals surface area contributed by atoms with Gasteiger partial charge in [-0.1, -0.05) is 6.07 Å². The van der Waals surface area contributed by atoms with Gasteiger partial charge in [0.2, 0.25) is 0 Å². The lowest BCUT2D eigenvalue weighted by Crippen LogP contribution is -2.26. The summed E-state index contributed by atoms with van der Waals surface area (Å²) in [5.74, 6) is -0.545. The lowest BCUT2D eigenvalue weighted by molar-refractivity contribution is 0.0524. The third-order valence-electron chi connectivity index (χ3n) is 4.28. The van der Waals surface area contributed by atoms with Crippen molar-refractivity contribution in [1.82, 2.24) is 9.30 Å². The first-order valence-corrected chi connectivity index (χ1v) is 8.14. The molecule has 1 aliphatic heterocycles. The standard InChI is InChI=1S/C18H22N2O3/c1-3-23-18(22)15-10-14(12-19-8-4-5-9-19)16-7-6-13(2)11-20(16)17(15)21/h6-7,10-11H,3-5,8-9,12H2,1-2H3. The molecular formula is C18H22N2O3. The van der Waals surface area contributed by atoms with Crippen molar-refractivity contribution in [2.75, 3.05) is 19.7 Å². The van der Waals surface area contributed by atoms with Crippen LogP contribution in [0, 0.1) is 6.92 Å². The van der Waals surface area contributed by atoms with Gasteiger partial charge in [0, 0.05) is 12.7 Å². The Bertz CT molecular complexity index is 789. The van der Waals surface area contributed by atoms with Gasteiger partial charge in [-0.05, 0) is 63.0 Å². The molecule has 0 spiro atoms. The van der Waals surface area contributed by atoms with Crippen molar-refractivity contribution >= 4 is 11.5 Å². The molecule has 0 bridgehead atoms. The fourth-order valence-corrected chi connectivity index (χ4v) is 3.14. The summed E-state index contributed by atoms with van der Waals surface area (Å²) in [7, 11) is 0. The highest BCUT2D eigenvalue weighted by Crippen LogP contribution is 2.18. The second-order valence-corrected chi connectivity index (χ2v) is 6.05. The number of hydrogen-bond donors (Lipinski definition) is 0. The van der Waals surface area contributed by atoms with Crippen molar-refractivity contribution < 1.29 is 9.53 Å². The molecule has 0 saturated carbocycles. The van der Waals surface area contributed by atoms with Gasteiger partial charge in [0.15, 0.2) is 0 Å². The zero-order chi connectivity index (χ0) is 16.4. The average molecular weight is 314 g/mol. The summed E-state index contributed by atoms with van der Waals surface area (Å²) in [6.45, 7) is 6.81. The molecule has 122 valence electrons. The smallest absolute Gasteiger partial charge is 0.343 e. The monoisotopic (exact) mass is 314 g/mol. The Morgan fingerprint density at radius 2 is 2.00 bits per heavy atom.